The van der Waals surface area contributed by atoms with Gasteiger partial charge in [0, 0.05) is 12.7 Å². The zero-order chi connectivity index (χ0) is 12.9. The van der Waals surface area contributed by atoms with Gasteiger partial charge in [-0.2, -0.15) is 5.10 Å². The molecule has 0 aromatic carbocycles. The Bertz CT molecular complexity index is 393. The first-order valence-electron chi connectivity index (χ1n) is 5.36. The van der Waals surface area contributed by atoms with Gasteiger partial charge in [-0.1, -0.05) is 0 Å². The number of carbonyl (C=O) groups is 2. The van der Waals surface area contributed by atoms with Crippen molar-refractivity contribution >= 4 is 12.4 Å². The van der Waals surface area contributed by atoms with E-state index < -0.39 is 11.7 Å². The molecule has 1 aromatic heterocycles. The van der Waals surface area contributed by atoms with Crippen LogP contribution in [0.15, 0.2) is 12.3 Å². The van der Waals surface area contributed by atoms with E-state index in [0.29, 0.717) is 25.1 Å². The molecule has 6 heteroatoms. The molecule has 0 bridgehead atoms. The molecule has 0 aliphatic rings. The molecular formula is C11H17N3O3. The lowest BCUT2D eigenvalue weighted by Gasteiger charge is -2.19. The van der Waals surface area contributed by atoms with Crippen molar-refractivity contribution in [2.45, 2.75) is 32.9 Å². The van der Waals surface area contributed by atoms with Crippen LogP contribution in [0, 0.1) is 0 Å². The minimum Gasteiger partial charge on any atom is -0.444 e. The van der Waals surface area contributed by atoms with Crippen LogP contribution in [0.1, 0.15) is 31.3 Å². The maximum atomic E-state index is 11.3. The lowest BCUT2D eigenvalue weighted by Crippen LogP contribution is -2.34. The summed E-state index contributed by atoms with van der Waals surface area (Å²) < 4.78 is 6.65. The van der Waals surface area contributed by atoms with E-state index in [1.54, 1.807) is 37.7 Å². The van der Waals surface area contributed by atoms with Gasteiger partial charge in [-0.15, -0.1) is 0 Å². The van der Waals surface area contributed by atoms with E-state index in [1.165, 1.54) is 0 Å². The van der Waals surface area contributed by atoms with E-state index in [0.717, 1.165) is 0 Å². The van der Waals surface area contributed by atoms with Gasteiger partial charge in [0.2, 0.25) is 0 Å². The van der Waals surface area contributed by atoms with Crippen LogP contribution in [0.5, 0.6) is 0 Å². The molecule has 0 aliphatic carbocycles. The highest BCUT2D eigenvalue weighted by molar-refractivity contribution is 5.71. The van der Waals surface area contributed by atoms with Crippen molar-refractivity contribution in [2.24, 2.45) is 0 Å². The van der Waals surface area contributed by atoms with E-state index in [1.807, 2.05) is 0 Å². The standard InChI is InChI=1S/C11H17N3O3/c1-11(2,3)17-10(16)12-5-7-14-6-4-9(8-15)13-14/h4,6,8H,5,7H2,1-3H3,(H,12,16). The summed E-state index contributed by atoms with van der Waals surface area (Å²) in [7, 11) is 0. The van der Waals surface area contributed by atoms with Crippen LogP contribution in [0.4, 0.5) is 4.79 Å². The maximum absolute atomic E-state index is 11.3. The van der Waals surface area contributed by atoms with Gasteiger partial charge in [0.1, 0.15) is 11.3 Å². The van der Waals surface area contributed by atoms with Crippen LogP contribution in [0.25, 0.3) is 0 Å². The minimum absolute atomic E-state index is 0.377. The number of amides is 1. The topological polar surface area (TPSA) is 73.2 Å². The van der Waals surface area contributed by atoms with Crippen LogP contribution < -0.4 is 5.32 Å². The molecule has 0 saturated carbocycles. The van der Waals surface area contributed by atoms with Crippen molar-refractivity contribution in [3.05, 3.63) is 18.0 Å². The molecule has 0 fully saturated rings. The molecule has 0 saturated heterocycles. The van der Waals surface area contributed by atoms with Gasteiger partial charge in [0.15, 0.2) is 6.29 Å². The molecule has 1 rings (SSSR count). The molecule has 0 atom stereocenters. The van der Waals surface area contributed by atoms with E-state index in [-0.39, 0.29) is 0 Å². The second kappa shape index (κ2) is 5.47. The number of ether oxygens (including phenoxy) is 1. The fourth-order valence-corrected chi connectivity index (χ4v) is 1.15. The van der Waals surface area contributed by atoms with Crippen molar-refractivity contribution in [1.29, 1.82) is 0 Å². The number of carbonyl (C=O) groups excluding carboxylic acids is 2. The predicted octanol–water partition coefficient (Wildman–Crippen LogP) is 1.22. The molecule has 0 spiro atoms. The number of alkyl carbamates (subject to hydrolysis) is 1. The van der Waals surface area contributed by atoms with E-state index >= 15 is 0 Å². The van der Waals surface area contributed by atoms with Gasteiger partial charge in [-0.3, -0.25) is 9.48 Å². The van der Waals surface area contributed by atoms with Crippen molar-refractivity contribution < 1.29 is 14.3 Å². The lowest BCUT2D eigenvalue weighted by atomic mass is 10.2. The van der Waals surface area contributed by atoms with Gasteiger partial charge >= 0.3 is 6.09 Å². The van der Waals surface area contributed by atoms with Gasteiger partial charge in [-0.25, -0.2) is 4.79 Å². The number of hydrogen-bond acceptors (Lipinski definition) is 4. The van der Waals surface area contributed by atoms with Gasteiger partial charge < -0.3 is 10.1 Å². The summed E-state index contributed by atoms with van der Waals surface area (Å²) >= 11 is 0. The highest BCUT2D eigenvalue weighted by Crippen LogP contribution is 2.06. The van der Waals surface area contributed by atoms with Crippen LogP contribution in [-0.2, 0) is 11.3 Å². The van der Waals surface area contributed by atoms with Crippen molar-refractivity contribution in [1.82, 2.24) is 15.1 Å². The number of nitrogens with zero attached hydrogens (tertiary/aromatic N) is 2. The molecular weight excluding hydrogens is 222 g/mol. The lowest BCUT2D eigenvalue weighted by molar-refractivity contribution is 0.0525. The molecule has 1 N–H and O–H groups in total. The molecule has 1 amide bonds. The summed E-state index contributed by atoms with van der Waals surface area (Å²) in [6, 6.07) is 1.61. The first-order valence-corrected chi connectivity index (χ1v) is 5.36. The van der Waals surface area contributed by atoms with Crippen molar-refractivity contribution in [3.63, 3.8) is 0 Å². The number of nitrogens with one attached hydrogen (secondary N) is 1. The Morgan fingerprint density at radius 2 is 2.29 bits per heavy atom. The number of rotatable bonds is 4. The van der Waals surface area contributed by atoms with E-state index in [4.69, 9.17) is 4.74 Å². The number of aldehydes is 1. The monoisotopic (exact) mass is 239 g/mol. The fourth-order valence-electron chi connectivity index (χ4n) is 1.15. The predicted molar refractivity (Wildman–Crippen MR) is 61.9 cm³/mol. The van der Waals surface area contributed by atoms with Crippen LogP contribution in [-0.4, -0.2) is 34.3 Å². The third-order valence-electron chi connectivity index (χ3n) is 1.79. The SMILES string of the molecule is CC(C)(C)OC(=O)NCCn1ccc(C=O)n1. The largest absolute Gasteiger partial charge is 0.444 e. The Hall–Kier alpha value is -1.85. The molecule has 1 aromatic rings. The Morgan fingerprint density at radius 3 is 2.82 bits per heavy atom. The molecule has 0 radical (unpaired) electrons. The zero-order valence-corrected chi connectivity index (χ0v) is 10.3. The summed E-state index contributed by atoms with van der Waals surface area (Å²) in [5.41, 5.74) is -0.122. The van der Waals surface area contributed by atoms with Gasteiger partial charge in [0.25, 0.3) is 0 Å². The highest BCUT2D eigenvalue weighted by Gasteiger charge is 2.15. The molecule has 6 nitrogen and oxygen atoms in total. The van der Waals surface area contributed by atoms with E-state index in [9.17, 15) is 9.59 Å². The van der Waals surface area contributed by atoms with Crippen LogP contribution >= 0.6 is 0 Å². The van der Waals surface area contributed by atoms with Gasteiger partial charge in [0.05, 0.1) is 6.54 Å². The Morgan fingerprint density at radius 1 is 1.59 bits per heavy atom. The zero-order valence-electron chi connectivity index (χ0n) is 10.3. The Kier molecular flexibility index (Phi) is 4.25. The fraction of sp³-hybridized carbons (Fsp3) is 0.545. The van der Waals surface area contributed by atoms with Crippen LogP contribution in [0.3, 0.4) is 0 Å². The van der Waals surface area contributed by atoms with E-state index in [2.05, 4.69) is 10.4 Å². The van der Waals surface area contributed by atoms with Crippen molar-refractivity contribution in [2.75, 3.05) is 6.54 Å². The normalized spacial score (nSPS) is 11.0. The average molecular weight is 239 g/mol. The summed E-state index contributed by atoms with van der Waals surface area (Å²) in [6.07, 6.45) is 1.90. The highest BCUT2D eigenvalue weighted by atomic mass is 16.6. The van der Waals surface area contributed by atoms with Crippen LogP contribution in [0.2, 0.25) is 0 Å². The average Bonchev–Trinajstić information content (AvgIpc) is 2.63. The Labute approximate surface area is 99.9 Å². The smallest absolute Gasteiger partial charge is 0.407 e. The molecule has 17 heavy (non-hydrogen) atoms. The summed E-state index contributed by atoms with van der Waals surface area (Å²) in [4.78, 5) is 21.7. The quantitative estimate of drug-likeness (QED) is 0.802. The number of aromatic nitrogens is 2. The first kappa shape index (κ1) is 13.2. The second-order valence-electron chi connectivity index (χ2n) is 4.55. The Balaban J connectivity index is 2.28. The minimum atomic E-state index is -0.500. The third-order valence-corrected chi connectivity index (χ3v) is 1.79. The van der Waals surface area contributed by atoms with Crippen molar-refractivity contribution in [3.8, 4) is 0 Å². The third kappa shape index (κ3) is 5.14. The summed E-state index contributed by atoms with van der Waals surface area (Å²) in [6.45, 7) is 6.30. The summed E-state index contributed by atoms with van der Waals surface area (Å²) in [5.74, 6) is 0. The summed E-state index contributed by atoms with van der Waals surface area (Å²) in [5, 5.41) is 6.56. The molecule has 0 aliphatic heterocycles. The molecule has 94 valence electrons. The second-order valence-corrected chi connectivity index (χ2v) is 4.55. The van der Waals surface area contributed by atoms with Gasteiger partial charge in [-0.05, 0) is 26.8 Å². The first-order chi connectivity index (χ1) is 7.90. The molecule has 0 unspecified atom stereocenters. The molecule has 1 heterocycles. The number of hydrogen-bond donors (Lipinski definition) is 1. The maximum Gasteiger partial charge on any atom is 0.407 e.